The number of hydrogen-bond donors (Lipinski definition) is 3. The number of amides is 2. The van der Waals surface area contributed by atoms with Crippen molar-refractivity contribution in [2.45, 2.75) is 27.2 Å². The predicted molar refractivity (Wildman–Crippen MR) is 104 cm³/mol. The van der Waals surface area contributed by atoms with Gasteiger partial charge in [0.1, 0.15) is 5.82 Å². The Kier molecular flexibility index (Phi) is 6.51. The second kappa shape index (κ2) is 8.65. The van der Waals surface area contributed by atoms with Crippen molar-refractivity contribution in [2.75, 3.05) is 11.9 Å². The topological polar surface area (TPSA) is 95.5 Å². The Morgan fingerprint density at radius 2 is 1.75 bits per heavy atom. The van der Waals surface area contributed by atoms with Crippen molar-refractivity contribution < 1.29 is 23.9 Å². The molecule has 6 nitrogen and oxygen atoms in total. The number of halogens is 1. The number of aryl methyl sites for hydroxylation is 1. The molecule has 28 heavy (non-hydrogen) atoms. The lowest BCUT2D eigenvalue weighted by Gasteiger charge is -2.19. The highest BCUT2D eigenvalue weighted by Gasteiger charge is 2.26. The Bertz CT molecular complexity index is 909. The van der Waals surface area contributed by atoms with Gasteiger partial charge in [0.2, 0.25) is 0 Å². The Labute approximate surface area is 162 Å². The average Bonchev–Trinajstić information content (AvgIpc) is 2.63. The van der Waals surface area contributed by atoms with E-state index < -0.39 is 23.1 Å². The number of carboxylic acids is 1. The third kappa shape index (κ3) is 5.16. The summed E-state index contributed by atoms with van der Waals surface area (Å²) in [7, 11) is 0. The van der Waals surface area contributed by atoms with Crippen LogP contribution in [-0.2, 0) is 4.79 Å². The highest BCUT2D eigenvalue weighted by atomic mass is 19.1. The van der Waals surface area contributed by atoms with E-state index in [0.29, 0.717) is 16.8 Å². The number of benzene rings is 2. The molecule has 7 heteroatoms. The second-order valence-corrected chi connectivity index (χ2v) is 7.16. The van der Waals surface area contributed by atoms with Crippen LogP contribution in [0, 0.1) is 18.2 Å². The lowest BCUT2D eigenvalue weighted by molar-refractivity contribution is -0.147. The van der Waals surface area contributed by atoms with Gasteiger partial charge < -0.3 is 15.7 Å². The Morgan fingerprint density at radius 1 is 1.07 bits per heavy atom. The van der Waals surface area contributed by atoms with Crippen LogP contribution in [0.4, 0.5) is 10.1 Å². The molecule has 3 N–H and O–H groups in total. The Balaban J connectivity index is 2.08. The van der Waals surface area contributed by atoms with E-state index in [1.54, 1.807) is 39.0 Å². The van der Waals surface area contributed by atoms with Gasteiger partial charge in [0, 0.05) is 17.8 Å². The summed E-state index contributed by atoms with van der Waals surface area (Å²) < 4.78 is 13.8. The number of hydrogen-bond acceptors (Lipinski definition) is 3. The van der Waals surface area contributed by atoms with Crippen LogP contribution in [0.2, 0.25) is 0 Å². The minimum atomic E-state index is -0.945. The van der Waals surface area contributed by atoms with Gasteiger partial charge in [0.05, 0.1) is 11.0 Å². The molecule has 0 heterocycles. The van der Waals surface area contributed by atoms with Gasteiger partial charge in [0.15, 0.2) is 0 Å². The molecule has 2 aromatic carbocycles. The SMILES string of the molecule is Cc1ccc(C(=O)NCCC(C)(C)C(=O)O)cc1NC(=O)c1ccccc1F. The van der Waals surface area contributed by atoms with Crippen molar-refractivity contribution in [3.8, 4) is 0 Å². The molecule has 0 atom stereocenters. The summed E-state index contributed by atoms with van der Waals surface area (Å²) in [5.74, 6) is -2.56. The molecular weight excluding hydrogens is 363 g/mol. The van der Waals surface area contributed by atoms with Crippen LogP contribution in [0.5, 0.6) is 0 Å². The first-order valence-electron chi connectivity index (χ1n) is 8.80. The normalized spacial score (nSPS) is 11.0. The van der Waals surface area contributed by atoms with Gasteiger partial charge in [-0.15, -0.1) is 0 Å². The fourth-order valence-electron chi connectivity index (χ4n) is 2.43. The predicted octanol–water partition coefficient (Wildman–Crippen LogP) is 3.62. The van der Waals surface area contributed by atoms with E-state index in [2.05, 4.69) is 10.6 Å². The summed E-state index contributed by atoms with van der Waals surface area (Å²) in [5.41, 5.74) is 0.384. The van der Waals surface area contributed by atoms with Gasteiger partial charge in [-0.25, -0.2) is 4.39 Å². The van der Waals surface area contributed by atoms with Gasteiger partial charge in [-0.05, 0) is 57.0 Å². The molecule has 2 rings (SSSR count). The molecule has 0 aliphatic rings. The van der Waals surface area contributed by atoms with E-state index in [1.165, 1.54) is 24.3 Å². The van der Waals surface area contributed by atoms with E-state index in [0.717, 1.165) is 0 Å². The van der Waals surface area contributed by atoms with Crippen molar-refractivity contribution >= 4 is 23.5 Å². The molecule has 0 aromatic heterocycles. The minimum absolute atomic E-state index is 0.0901. The monoisotopic (exact) mass is 386 g/mol. The molecule has 0 aliphatic heterocycles. The molecule has 0 bridgehead atoms. The zero-order valence-electron chi connectivity index (χ0n) is 16.0. The Hall–Kier alpha value is -3.22. The number of carboxylic acid groups (broad SMARTS) is 1. The van der Waals surface area contributed by atoms with Crippen molar-refractivity contribution in [3.63, 3.8) is 0 Å². The van der Waals surface area contributed by atoms with E-state index in [1.807, 2.05) is 0 Å². The van der Waals surface area contributed by atoms with Crippen LogP contribution < -0.4 is 10.6 Å². The summed E-state index contributed by atoms with van der Waals surface area (Å²) in [4.78, 5) is 35.8. The lowest BCUT2D eigenvalue weighted by Crippen LogP contribution is -2.32. The minimum Gasteiger partial charge on any atom is -0.481 e. The van der Waals surface area contributed by atoms with Crippen LogP contribution >= 0.6 is 0 Å². The first kappa shape index (κ1) is 21.1. The number of anilines is 1. The highest BCUT2D eigenvalue weighted by molar-refractivity contribution is 6.05. The van der Waals surface area contributed by atoms with Gasteiger partial charge in [0.25, 0.3) is 11.8 Å². The van der Waals surface area contributed by atoms with Gasteiger partial charge in [-0.1, -0.05) is 18.2 Å². The van der Waals surface area contributed by atoms with E-state index in [4.69, 9.17) is 5.11 Å². The molecule has 0 aliphatic carbocycles. The summed E-state index contributed by atoms with van der Waals surface area (Å²) >= 11 is 0. The summed E-state index contributed by atoms with van der Waals surface area (Å²) in [6.45, 7) is 5.13. The molecule has 148 valence electrons. The first-order chi connectivity index (χ1) is 13.1. The van der Waals surface area contributed by atoms with Gasteiger partial charge in [-0.3, -0.25) is 14.4 Å². The number of nitrogens with one attached hydrogen (secondary N) is 2. The first-order valence-corrected chi connectivity index (χ1v) is 8.80. The molecule has 0 unspecified atom stereocenters. The van der Waals surface area contributed by atoms with Crippen LogP contribution in [-0.4, -0.2) is 29.4 Å². The fourth-order valence-corrected chi connectivity index (χ4v) is 2.43. The van der Waals surface area contributed by atoms with Crippen LogP contribution in [0.3, 0.4) is 0 Å². The lowest BCUT2D eigenvalue weighted by atomic mass is 9.90. The van der Waals surface area contributed by atoms with E-state index in [-0.39, 0.29) is 24.4 Å². The second-order valence-electron chi connectivity index (χ2n) is 7.16. The molecule has 0 spiro atoms. The quantitative estimate of drug-likeness (QED) is 0.677. The smallest absolute Gasteiger partial charge is 0.309 e. The largest absolute Gasteiger partial charge is 0.481 e. The highest BCUT2D eigenvalue weighted by Crippen LogP contribution is 2.21. The molecular formula is C21H23FN2O4. The number of carbonyl (C=O) groups is 3. The number of rotatable bonds is 7. The fraction of sp³-hybridized carbons (Fsp3) is 0.286. The molecule has 0 fully saturated rings. The van der Waals surface area contributed by atoms with Crippen molar-refractivity contribution in [1.29, 1.82) is 0 Å². The summed E-state index contributed by atoms with van der Waals surface area (Å²) in [6.07, 6.45) is 0.275. The zero-order valence-corrected chi connectivity index (χ0v) is 16.0. The van der Waals surface area contributed by atoms with Crippen molar-refractivity contribution in [2.24, 2.45) is 5.41 Å². The molecule has 0 saturated carbocycles. The Morgan fingerprint density at radius 3 is 2.39 bits per heavy atom. The maximum Gasteiger partial charge on any atom is 0.309 e. The maximum absolute atomic E-state index is 13.8. The third-order valence-corrected chi connectivity index (χ3v) is 4.48. The van der Waals surface area contributed by atoms with Gasteiger partial charge >= 0.3 is 5.97 Å². The maximum atomic E-state index is 13.8. The summed E-state index contributed by atoms with van der Waals surface area (Å²) in [5, 5.41) is 14.4. The van der Waals surface area contributed by atoms with Crippen molar-refractivity contribution in [3.05, 3.63) is 65.0 Å². The average molecular weight is 386 g/mol. The van der Waals surface area contributed by atoms with Crippen LogP contribution in [0.1, 0.15) is 46.5 Å². The standard InChI is InChI=1S/C21H23FN2O4/c1-13-8-9-14(18(25)23-11-10-21(2,3)20(27)28)12-17(13)24-19(26)15-6-4-5-7-16(15)22/h4-9,12H,10-11H2,1-3H3,(H,23,25)(H,24,26)(H,27,28). The molecule has 2 aromatic rings. The summed E-state index contributed by atoms with van der Waals surface area (Å²) in [6, 6.07) is 10.4. The third-order valence-electron chi connectivity index (χ3n) is 4.48. The van der Waals surface area contributed by atoms with E-state index >= 15 is 0 Å². The molecule has 0 radical (unpaired) electrons. The van der Waals surface area contributed by atoms with Crippen LogP contribution in [0.25, 0.3) is 0 Å². The zero-order chi connectivity index (χ0) is 20.9. The number of aliphatic carboxylic acids is 1. The van der Waals surface area contributed by atoms with E-state index in [9.17, 15) is 18.8 Å². The number of carbonyl (C=O) groups excluding carboxylic acids is 2. The molecule has 0 saturated heterocycles. The van der Waals surface area contributed by atoms with Crippen molar-refractivity contribution in [1.82, 2.24) is 5.32 Å². The van der Waals surface area contributed by atoms with Gasteiger partial charge in [-0.2, -0.15) is 0 Å². The molecule has 2 amide bonds. The van der Waals surface area contributed by atoms with Crippen LogP contribution in [0.15, 0.2) is 42.5 Å².